The number of ether oxygens (including phenoxy) is 1. The number of rotatable bonds is 6. The number of fused-ring (bicyclic) bond motifs is 1. The van der Waals surface area contributed by atoms with Crippen LogP contribution >= 0.6 is 0 Å². The summed E-state index contributed by atoms with van der Waals surface area (Å²) in [5.41, 5.74) is 4.02. The summed E-state index contributed by atoms with van der Waals surface area (Å²) in [7, 11) is -2.17. The second-order valence-electron chi connectivity index (χ2n) is 8.76. The van der Waals surface area contributed by atoms with Crippen molar-refractivity contribution >= 4 is 15.9 Å². The molecule has 1 heterocycles. The highest BCUT2D eigenvalue weighted by Gasteiger charge is 2.27. The second-order valence-corrected chi connectivity index (χ2v) is 10.7. The van der Waals surface area contributed by atoms with Gasteiger partial charge in [-0.15, -0.1) is 0 Å². The Hall–Kier alpha value is -2.38. The molecule has 6 nitrogen and oxygen atoms in total. The maximum Gasteiger partial charge on any atom is 0.255 e. The Morgan fingerprint density at radius 3 is 2.41 bits per heavy atom. The van der Waals surface area contributed by atoms with Gasteiger partial charge in [0.1, 0.15) is 5.75 Å². The largest absolute Gasteiger partial charge is 0.496 e. The maximum absolute atomic E-state index is 13.2. The van der Waals surface area contributed by atoms with Crippen LogP contribution in [0.4, 0.5) is 0 Å². The normalized spacial score (nSPS) is 17.9. The summed E-state index contributed by atoms with van der Waals surface area (Å²) in [6.45, 7) is 2.98. The van der Waals surface area contributed by atoms with Crippen LogP contribution in [0.1, 0.15) is 72.1 Å². The molecular formula is C25H32N2O4S. The molecule has 1 atom stereocenters. The fourth-order valence-corrected chi connectivity index (χ4v) is 6.22. The summed E-state index contributed by atoms with van der Waals surface area (Å²) in [5.74, 6) is 0.0150. The van der Waals surface area contributed by atoms with Crippen molar-refractivity contribution in [2.45, 2.75) is 62.8 Å². The zero-order valence-electron chi connectivity index (χ0n) is 18.9. The van der Waals surface area contributed by atoms with Gasteiger partial charge in [0.15, 0.2) is 0 Å². The van der Waals surface area contributed by atoms with Gasteiger partial charge in [-0.2, -0.15) is 4.31 Å². The lowest BCUT2D eigenvalue weighted by Gasteiger charge is -2.21. The lowest BCUT2D eigenvalue weighted by molar-refractivity contribution is 0.0936. The molecule has 1 aliphatic carbocycles. The molecule has 7 heteroatoms. The van der Waals surface area contributed by atoms with Crippen LogP contribution < -0.4 is 10.1 Å². The van der Waals surface area contributed by atoms with Crippen LogP contribution in [0.25, 0.3) is 0 Å². The first-order chi connectivity index (χ1) is 15.4. The summed E-state index contributed by atoms with van der Waals surface area (Å²) in [4.78, 5) is 13.3. The number of nitrogens with zero attached hydrogens (tertiary/aromatic N) is 1. The van der Waals surface area contributed by atoms with Crippen molar-refractivity contribution in [3.8, 4) is 5.75 Å². The van der Waals surface area contributed by atoms with Gasteiger partial charge >= 0.3 is 0 Å². The Labute approximate surface area is 191 Å². The van der Waals surface area contributed by atoms with Crippen molar-refractivity contribution < 1.29 is 17.9 Å². The van der Waals surface area contributed by atoms with Crippen LogP contribution in [0.5, 0.6) is 5.75 Å². The van der Waals surface area contributed by atoms with Gasteiger partial charge in [0.25, 0.3) is 5.91 Å². The summed E-state index contributed by atoms with van der Waals surface area (Å²) in [5, 5.41) is 3.02. The fourth-order valence-electron chi connectivity index (χ4n) is 4.67. The molecule has 2 aliphatic rings. The third-order valence-corrected chi connectivity index (χ3v) is 8.48. The van der Waals surface area contributed by atoms with E-state index in [9.17, 15) is 13.2 Å². The van der Waals surface area contributed by atoms with Gasteiger partial charge in [0, 0.05) is 13.1 Å². The highest BCUT2D eigenvalue weighted by atomic mass is 32.2. The van der Waals surface area contributed by atoms with Gasteiger partial charge in [-0.25, -0.2) is 8.42 Å². The SMILES string of the molecule is COc1ccc(S(=O)(=O)N2CCCCCC2)cc1C(=O)N[C@@H](C)c1ccc2c(c1)CCC2. The lowest BCUT2D eigenvalue weighted by Crippen LogP contribution is -2.32. The average Bonchev–Trinajstić information content (AvgIpc) is 3.09. The molecule has 2 aromatic rings. The Morgan fingerprint density at radius 2 is 1.69 bits per heavy atom. The zero-order chi connectivity index (χ0) is 22.7. The van der Waals surface area contributed by atoms with Crippen molar-refractivity contribution in [2.75, 3.05) is 20.2 Å². The molecule has 0 radical (unpaired) electrons. The van der Waals surface area contributed by atoms with E-state index in [1.807, 2.05) is 6.92 Å². The van der Waals surface area contributed by atoms with E-state index < -0.39 is 10.0 Å². The van der Waals surface area contributed by atoms with E-state index in [4.69, 9.17) is 4.74 Å². The number of nitrogens with one attached hydrogen (secondary N) is 1. The smallest absolute Gasteiger partial charge is 0.255 e. The molecule has 2 aromatic carbocycles. The number of carbonyl (C=O) groups is 1. The molecule has 1 N–H and O–H groups in total. The minimum atomic E-state index is -3.66. The molecule has 0 bridgehead atoms. The number of aryl methyl sites for hydroxylation is 2. The predicted octanol–water partition coefficient (Wildman–Crippen LogP) is 4.24. The first-order valence-electron chi connectivity index (χ1n) is 11.5. The van der Waals surface area contributed by atoms with E-state index >= 15 is 0 Å². The molecule has 0 spiro atoms. The molecule has 0 saturated carbocycles. The molecule has 4 rings (SSSR count). The van der Waals surface area contributed by atoms with E-state index in [-0.39, 0.29) is 22.4 Å². The highest BCUT2D eigenvalue weighted by molar-refractivity contribution is 7.89. The van der Waals surface area contributed by atoms with Crippen molar-refractivity contribution in [1.82, 2.24) is 9.62 Å². The lowest BCUT2D eigenvalue weighted by atomic mass is 10.0. The first-order valence-corrected chi connectivity index (χ1v) is 12.9. The van der Waals surface area contributed by atoms with Gasteiger partial charge in [-0.1, -0.05) is 31.0 Å². The van der Waals surface area contributed by atoms with E-state index in [1.54, 1.807) is 6.07 Å². The maximum atomic E-state index is 13.2. The van der Waals surface area contributed by atoms with E-state index in [0.29, 0.717) is 18.8 Å². The van der Waals surface area contributed by atoms with Crippen LogP contribution in [0, 0.1) is 0 Å². The standard InChI is InChI=1S/C25H32N2O4S/c1-18(20-11-10-19-8-7-9-21(19)16-20)26-25(28)23-17-22(12-13-24(23)31-2)32(29,30)27-14-5-3-4-6-15-27/h10-13,16-18H,3-9,14-15H2,1-2H3,(H,26,28)/t18-/m0/s1. The van der Waals surface area contributed by atoms with E-state index in [1.165, 1.54) is 41.1 Å². The van der Waals surface area contributed by atoms with Gasteiger partial charge in [-0.05, 0) is 73.9 Å². The molecule has 0 aromatic heterocycles. The van der Waals surface area contributed by atoms with Gasteiger partial charge in [0.2, 0.25) is 10.0 Å². The fraction of sp³-hybridized carbons (Fsp3) is 0.480. The Morgan fingerprint density at radius 1 is 0.969 bits per heavy atom. The van der Waals surface area contributed by atoms with Crippen LogP contribution in [0.2, 0.25) is 0 Å². The third kappa shape index (κ3) is 4.69. The summed E-state index contributed by atoms with van der Waals surface area (Å²) >= 11 is 0. The average molecular weight is 457 g/mol. The predicted molar refractivity (Wildman–Crippen MR) is 125 cm³/mol. The number of amides is 1. The van der Waals surface area contributed by atoms with Crippen LogP contribution in [0.3, 0.4) is 0 Å². The van der Waals surface area contributed by atoms with E-state index in [2.05, 4.69) is 23.5 Å². The molecule has 1 amide bonds. The number of hydrogen-bond donors (Lipinski definition) is 1. The van der Waals surface area contributed by atoms with Crippen molar-refractivity contribution in [3.63, 3.8) is 0 Å². The molecule has 1 fully saturated rings. The Bertz CT molecular complexity index is 1090. The van der Waals surface area contributed by atoms with Crippen LogP contribution in [-0.4, -0.2) is 38.8 Å². The highest BCUT2D eigenvalue weighted by Crippen LogP contribution is 2.28. The number of carbonyl (C=O) groups excluding carboxylic acids is 1. The molecule has 1 aliphatic heterocycles. The van der Waals surface area contributed by atoms with Crippen molar-refractivity contribution in [2.24, 2.45) is 0 Å². The first kappa shape index (κ1) is 22.8. The topological polar surface area (TPSA) is 75.7 Å². The van der Waals surface area contributed by atoms with Gasteiger partial charge in [0.05, 0.1) is 23.6 Å². The molecular weight excluding hydrogens is 424 g/mol. The van der Waals surface area contributed by atoms with E-state index in [0.717, 1.165) is 44.1 Å². The minimum Gasteiger partial charge on any atom is -0.496 e. The Kier molecular flexibility index (Phi) is 6.86. The molecule has 172 valence electrons. The van der Waals surface area contributed by atoms with Gasteiger partial charge < -0.3 is 10.1 Å². The number of sulfonamides is 1. The minimum absolute atomic E-state index is 0.135. The monoisotopic (exact) mass is 456 g/mol. The molecule has 1 saturated heterocycles. The second kappa shape index (κ2) is 9.63. The number of methoxy groups -OCH3 is 1. The molecule has 32 heavy (non-hydrogen) atoms. The Balaban J connectivity index is 1.57. The van der Waals surface area contributed by atoms with Crippen LogP contribution in [0.15, 0.2) is 41.3 Å². The van der Waals surface area contributed by atoms with Crippen LogP contribution in [-0.2, 0) is 22.9 Å². The summed E-state index contributed by atoms with van der Waals surface area (Å²) in [6, 6.07) is 10.7. The number of benzene rings is 2. The summed E-state index contributed by atoms with van der Waals surface area (Å²) < 4.78 is 33.4. The quantitative estimate of drug-likeness (QED) is 0.705. The summed E-state index contributed by atoms with van der Waals surface area (Å²) in [6.07, 6.45) is 7.18. The number of hydrogen-bond acceptors (Lipinski definition) is 4. The van der Waals surface area contributed by atoms with Crippen molar-refractivity contribution in [1.29, 1.82) is 0 Å². The third-order valence-electron chi connectivity index (χ3n) is 6.59. The van der Waals surface area contributed by atoms with Gasteiger partial charge in [-0.3, -0.25) is 4.79 Å². The zero-order valence-corrected chi connectivity index (χ0v) is 19.7. The van der Waals surface area contributed by atoms with Crippen molar-refractivity contribution in [3.05, 3.63) is 58.7 Å². The molecule has 0 unspecified atom stereocenters.